The zero-order chi connectivity index (χ0) is 28.8. The Bertz CT molecular complexity index is 1290. The van der Waals surface area contributed by atoms with Crippen molar-refractivity contribution < 1.29 is 27.2 Å². The maximum absolute atomic E-state index is 15.5. The smallest absolute Gasteiger partial charge is 0.164 e. The number of aromatic nitrogens is 1. The molecule has 0 bridgehead atoms. The Balaban J connectivity index is 0.00000172. The van der Waals surface area contributed by atoms with Crippen molar-refractivity contribution in [2.45, 2.75) is 13.8 Å². The van der Waals surface area contributed by atoms with Crippen molar-refractivity contribution in [3.05, 3.63) is 133 Å². The molecule has 0 atom stereocenters. The predicted molar refractivity (Wildman–Crippen MR) is 146 cm³/mol. The zero-order valence-electron chi connectivity index (χ0n) is 21.6. The predicted octanol–water partition coefficient (Wildman–Crippen LogP) is 7.69. The van der Waals surface area contributed by atoms with Crippen LogP contribution in [0.1, 0.15) is 25.2 Å². The Morgan fingerprint density at radius 2 is 1.87 bits per heavy atom. The van der Waals surface area contributed by atoms with Gasteiger partial charge in [-0.25, -0.2) is 13.2 Å². The average Bonchev–Trinajstić information content (AvgIpc) is 3.50. The fourth-order valence-corrected chi connectivity index (χ4v) is 3.25. The summed E-state index contributed by atoms with van der Waals surface area (Å²) in [4.78, 5) is 9.63. The fourth-order valence-electron chi connectivity index (χ4n) is 3.25. The average molecular weight is 526 g/mol. The van der Waals surface area contributed by atoms with Crippen molar-refractivity contribution in [2.24, 2.45) is 0 Å². The molecule has 0 spiro atoms. The Morgan fingerprint density at radius 1 is 1.18 bits per heavy atom. The maximum Gasteiger partial charge on any atom is 0.164 e. The molecule has 38 heavy (non-hydrogen) atoms. The van der Waals surface area contributed by atoms with E-state index in [4.69, 9.17) is 14.1 Å². The molecule has 2 aromatic rings. The number of hydrogen-bond acceptors (Lipinski definition) is 6. The highest BCUT2D eigenvalue weighted by molar-refractivity contribution is 5.81. The molecule has 1 aliphatic heterocycles. The second-order valence-electron chi connectivity index (χ2n) is 7.16. The van der Waals surface area contributed by atoms with E-state index in [1.165, 1.54) is 38.6 Å². The third-order valence-electron chi connectivity index (χ3n) is 5.12. The van der Waals surface area contributed by atoms with Crippen molar-refractivity contribution >= 4 is 23.6 Å². The van der Waals surface area contributed by atoms with Crippen LogP contribution in [0.3, 0.4) is 0 Å². The first-order valence-corrected chi connectivity index (χ1v) is 11.0. The van der Waals surface area contributed by atoms with Crippen molar-refractivity contribution in [2.75, 3.05) is 12.4 Å². The summed E-state index contributed by atoms with van der Waals surface area (Å²) in [5, 5.41) is 6.44. The third kappa shape index (κ3) is 7.36. The molecule has 9 heteroatoms. The highest BCUT2D eigenvalue weighted by Gasteiger charge is 2.22. The molecule has 200 valence electrons. The fraction of sp³-hybridized carbons (Fsp3) is 0.103. The first-order chi connectivity index (χ1) is 18.3. The molecule has 0 unspecified atom stereocenters. The van der Waals surface area contributed by atoms with Gasteiger partial charge in [0, 0.05) is 35.7 Å². The van der Waals surface area contributed by atoms with Crippen molar-refractivity contribution in [3.63, 3.8) is 0 Å². The van der Waals surface area contributed by atoms with Crippen molar-refractivity contribution in [1.82, 2.24) is 10.1 Å². The maximum atomic E-state index is 15.5. The van der Waals surface area contributed by atoms with Gasteiger partial charge in [0.25, 0.3) is 0 Å². The molecule has 1 aliphatic rings. The molecule has 1 aromatic heterocycles. The molecule has 0 fully saturated rings. The minimum atomic E-state index is -0.866. The number of rotatable bonds is 8. The van der Waals surface area contributed by atoms with Gasteiger partial charge in [0.1, 0.15) is 24.2 Å². The van der Waals surface area contributed by atoms with Crippen molar-refractivity contribution in [3.8, 4) is 0 Å². The molecule has 6 nitrogen and oxygen atoms in total. The van der Waals surface area contributed by atoms with E-state index in [0.717, 1.165) is 17.7 Å². The summed E-state index contributed by atoms with van der Waals surface area (Å²) in [6.07, 6.45) is 10.2. The molecule has 1 aromatic carbocycles. The molecule has 0 aliphatic carbocycles. The van der Waals surface area contributed by atoms with Crippen molar-refractivity contribution in [1.29, 1.82) is 0 Å². The lowest BCUT2D eigenvalue weighted by Gasteiger charge is -2.24. The number of methoxy groups -OCH3 is 1. The Labute approximate surface area is 220 Å². The monoisotopic (exact) mass is 525 g/mol. The van der Waals surface area contributed by atoms with E-state index < -0.39 is 17.5 Å². The molecule has 2 heterocycles. The van der Waals surface area contributed by atoms with E-state index in [2.05, 4.69) is 36.8 Å². The molecule has 3 rings (SSSR count). The van der Waals surface area contributed by atoms with Crippen LogP contribution >= 0.6 is 0 Å². The molecule has 0 saturated heterocycles. The topological polar surface area (TPSA) is 67.6 Å². The van der Waals surface area contributed by atoms with Gasteiger partial charge < -0.3 is 24.3 Å². The van der Waals surface area contributed by atoms with Gasteiger partial charge in [-0.1, -0.05) is 30.5 Å². The van der Waals surface area contributed by atoms with Crippen LogP contribution in [0.15, 0.2) is 115 Å². The van der Waals surface area contributed by atoms with Crippen LogP contribution in [-0.4, -0.2) is 24.0 Å². The van der Waals surface area contributed by atoms with Gasteiger partial charge in [-0.3, -0.25) is 0 Å². The van der Waals surface area contributed by atoms with Gasteiger partial charge in [-0.2, -0.15) is 0 Å². The minimum Gasteiger partial charge on any atom is -0.495 e. The molecule has 0 radical (unpaired) electrons. The van der Waals surface area contributed by atoms with E-state index in [1.807, 2.05) is 13.7 Å². The van der Waals surface area contributed by atoms with Gasteiger partial charge in [0.15, 0.2) is 11.6 Å². The number of carbonyl (C=O) groups excluding carboxylic acids is 1. The second kappa shape index (κ2) is 15.4. The number of carbonyl (C=O) groups is 1. The van der Waals surface area contributed by atoms with E-state index in [0.29, 0.717) is 11.5 Å². The minimum absolute atomic E-state index is 0.0783. The third-order valence-corrected chi connectivity index (χ3v) is 5.12. The summed E-state index contributed by atoms with van der Waals surface area (Å²) in [5.74, 6) is -1.58. The summed E-state index contributed by atoms with van der Waals surface area (Å²) in [7, 11) is 1.35. The van der Waals surface area contributed by atoms with E-state index in [-0.39, 0.29) is 28.3 Å². The van der Waals surface area contributed by atoms with Gasteiger partial charge >= 0.3 is 0 Å². The lowest BCUT2D eigenvalue weighted by molar-refractivity contribution is -0.0980. The van der Waals surface area contributed by atoms with Gasteiger partial charge in [0.05, 0.1) is 36.0 Å². The SMILES string of the molecule is C=C.C=CN1C=C(c2c(F)ccc(N/C(=C/C(F)=C\C)C(=C)OC)c2F)C=C/C1=C(/C)c1ccno1.C=O. The van der Waals surface area contributed by atoms with Crippen LogP contribution in [0.4, 0.5) is 18.9 Å². The Hall–Kier alpha value is -4.79. The van der Waals surface area contributed by atoms with Crippen LogP contribution in [0.25, 0.3) is 11.1 Å². The van der Waals surface area contributed by atoms with E-state index in [1.54, 1.807) is 29.3 Å². The number of halogens is 3. The first-order valence-electron chi connectivity index (χ1n) is 11.0. The number of anilines is 1. The summed E-state index contributed by atoms with van der Waals surface area (Å²) in [6, 6.07) is 4.05. The lowest BCUT2D eigenvalue weighted by Crippen LogP contribution is -2.14. The number of ether oxygens (including phenoxy) is 1. The summed E-state index contributed by atoms with van der Waals surface area (Å²) in [6.45, 7) is 18.8. The van der Waals surface area contributed by atoms with Gasteiger partial charge in [-0.15, -0.1) is 13.2 Å². The first kappa shape index (κ1) is 31.2. The van der Waals surface area contributed by atoms with E-state index >= 15 is 4.39 Å². The normalized spacial score (nSPS) is 14.3. The van der Waals surface area contributed by atoms with Gasteiger partial charge in [-0.05, 0) is 32.1 Å². The van der Waals surface area contributed by atoms with E-state index in [9.17, 15) is 8.78 Å². The highest BCUT2D eigenvalue weighted by atomic mass is 19.1. The number of nitrogens with zero attached hydrogens (tertiary/aromatic N) is 2. The summed E-state index contributed by atoms with van der Waals surface area (Å²) < 4.78 is 54.4. The molecule has 0 saturated carbocycles. The molecule has 0 amide bonds. The quantitative estimate of drug-likeness (QED) is 0.217. The van der Waals surface area contributed by atoms with Crippen LogP contribution in [0.5, 0.6) is 0 Å². The Kier molecular flexibility index (Phi) is 12.6. The number of hydrogen-bond donors (Lipinski definition) is 1. The molecular weight excluding hydrogens is 495 g/mol. The largest absolute Gasteiger partial charge is 0.495 e. The second-order valence-corrected chi connectivity index (χ2v) is 7.16. The summed E-state index contributed by atoms with van der Waals surface area (Å²) in [5.41, 5.74) is 1.47. The van der Waals surface area contributed by atoms with Gasteiger partial charge in [0.2, 0.25) is 0 Å². The number of nitrogens with one attached hydrogen (secondary N) is 1. The van der Waals surface area contributed by atoms with Crippen LogP contribution in [-0.2, 0) is 9.53 Å². The number of benzene rings is 1. The highest BCUT2D eigenvalue weighted by Crippen LogP contribution is 2.34. The number of allylic oxidation sites excluding steroid dienone is 7. The molecule has 1 N–H and O–H groups in total. The van der Waals surface area contributed by atoms with Crippen LogP contribution < -0.4 is 5.32 Å². The summed E-state index contributed by atoms with van der Waals surface area (Å²) >= 11 is 0. The standard InChI is InChI=1S/C26H24F3N3O2.C2H4.CH2O/c1-6-19(27)14-22(17(4)33-5)31-21-10-9-20(28)25(26(21)29)18-8-11-23(32(7-2)15-18)16(3)24-12-13-30-34-24;2*1-2/h6-15,31H,2,4H2,1,3,5H3;1-2H2;1H2/b19-6+,22-14+,23-16+;;. The lowest BCUT2D eigenvalue weighted by atomic mass is 9.99. The van der Waals surface area contributed by atoms with Crippen LogP contribution in [0.2, 0.25) is 0 Å². The van der Waals surface area contributed by atoms with Crippen LogP contribution in [0, 0.1) is 11.6 Å². The Morgan fingerprint density at radius 3 is 2.42 bits per heavy atom. The molecular formula is C29H30F3N3O3. The zero-order valence-corrected chi connectivity index (χ0v) is 21.6.